The van der Waals surface area contributed by atoms with Crippen LogP contribution in [0.2, 0.25) is 0 Å². The van der Waals surface area contributed by atoms with E-state index in [2.05, 4.69) is 209 Å². The van der Waals surface area contributed by atoms with E-state index in [1.54, 1.807) is 0 Å². The first-order valence-corrected chi connectivity index (χ1v) is 22.0. The van der Waals surface area contributed by atoms with Gasteiger partial charge in [-0.15, -0.1) is 0 Å². The molecule has 1 heteroatoms. The lowest BCUT2D eigenvalue weighted by atomic mass is 9.76. The number of hydrogen-bond donors (Lipinski definition) is 0. The van der Waals surface area contributed by atoms with E-state index in [0.29, 0.717) is 0 Å². The third kappa shape index (κ3) is 4.93. The van der Waals surface area contributed by atoms with Crippen LogP contribution < -0.4 is 4.90 Å². The highest BCUT2D eigenvalue weighted by Gasteiger charge is 2.45. The summed E-state index contributed by atoms with van der Waals surface area (Å²) in [7, 11) is 0. The summed E-state index contributed by atoms with van der Waals surface area (Å²) < 4.78 is 0. The Balaban J connectivity index is 0.964. The molecule has 290 valence electrons. The standard InChI is InChI=1S/C59H49N/c1-57(2)51-19-8-5-14-45(51)48-32-26-40(36-54(48)57)38-22-27-41(28-23-38)60(43-31-33-49-46-15-7-10-21-53(46)59(55(49)37-43)34-11-12-35-59)42-29-24-39(25-30-42)44-17-13-18-50-47-16-6-9-20-52(47)58(3,4)56(44)50/h5-10,13-33,36-37H,11-12,34-35H2,1-4H3. The van der Waals surface area contributed by atoms with Crippen molar-refractivity contribution in [2.24, 2.45) is 0 Å². The van der Waals surface area contributed by atoms with Gasteiger partial charge in [0.1, 0.15) is 0 Å². The van der Waals surface area contributed by atoms with Crippen molar-refractivity contribution in [3.05, 3.63) is 209 Å². The number of nitrogens with zero attached hydrogens (tertiary/aromatic N) is 1. The largest absolute Gasteiger partial charge is 0.310 e. The maximum Gasteiger partial charge on any atom is 0.0465 e. The number of rotatable bonds is 5. The van der Waals surface area contributed by atoms with Gasteiger partial charge in [0.25, 0.3) is 0 Å². The summed E-state index contributed by atoms with van der Waals surface area (Å²) in [5, 5.41) is 0. The molecule has 0 aliphatic heterocycles. The molecule has 8 aromatic carbocycles. The molecule has 0 bridgehead atoms. The molecule has 1 fully saturated rings. The summed E-state index contributed by atoms with van der Waals surface area (Å²) in [4.78, 5) is 2.48. The Hall–Kier alpha value is -6.44. The second kappa shape index (κ2) is 12.8. The molecule has 0 unspecified atom stereocenters. The molecule has 4 aliphatic rings. The van der Waals surface area contributed by atoms with Crippen LogP contribution in [0.25, 0.3) is 55.6 Å². The quantitative estimate of drug-likeness (QED) is 0.168. The summed E-state index contributed by atoms with van der Waals surface area (Å²) in [6.45, 7) is 9.49. The van der Waals surface area contributed by atoms with Gasteiger partial charge in [-0.1, -0.05) is 174 Å². The second-order valence-corrected chi connectivity index (χ2v) is 18.8. The summed E-state index contributed by atoms with van der Waals surface area (Å²) in [6.07, 6.45) is 4.99. The molecule has 0 heterocycles. The van der Waals surface area contributed by atoms with Gasteiger partial charge in [-0.25, -0.2) is 0 Å². The van der Waals surface area contributed by atoms with E-state index in [1.807, 2.05) is 0 Å². The van der Waals surface area contributed by atoms with Gasteiger partial charge in [-0.2, -0.15) is 0 Å². The highest BCUT2D eigenvalue weighted by atomic mass is 15.1. The van der Waals surface area contributed by atoms with Crippen LogP contribution in [-0.2, 0) is 16.2 Å². The van der Waals surface area contributed by atoms with Gasteiger partial charge < -0.3 is 4.90 Å². The fourth-order valence-electron chi connectivity index (χ4n) is 12.1. The fraction of sp³-hybridized carbons (Fsp3) is 0.186. The van der Waals surface area contributed by atoms with E-state index >= 15 is 0 Å². The third-order valence-corrected chi connectivity index (χ3v) is 15.0. The van der Waals surface area contributed by atoms with Gasteiger partial charge >= 0.3 is 0 Å². The predicted molar refractivity (Wildman–Crippen MR) is 252 cm³/mol. The van der Waals surface area contributed by atoms with Gasteiger partial charge in [-0.3, -0.25) is 0 Å². The summed E-state index contributed by atoms with van der Waals surface area (Å²) >= 11 is 0. The predicted octanol–water partition coefficient (Wildman–Crippen LogP) is 15.9. The van der Waals surface area contributed by atoms with Crippen LogP contribution in [0.15, 0.2) is 176 Å². The van der Waals surface area contributed by atoms with Crippen molar-refractivity contribution in [2.45, 2.75) is 69.6 Å². The minimum absolute atomic E-state index is 0.0334. The lowest BCUT2D eigenvalue weighted by Crippen LogP contribution is -2.21. The maximum atomic E-state index is 2.53. The van der Waals surface area contributed by atoms with Gasteiger partial charge in [-0.05, 0) is 144 Å². The van der Waals surface area contributed by atoms with Crippen molar-refractivity contribution in [2.75, 3.05) is 4.90 Å². The molecule has 1 saturated carbocycles. The average molecular weight is 772 g/mol. The summed E-state index contributed by atoms with van der Waals surface area (Å²) in [5.41, 5.74) is 25.5. The molecule has 0 N–H and O–H groups in total. The minimum Gasteiger partial charge on any atom is -0.310 e. The fourth-order valence-corrected chi connectivity index (χ4v) is 12.1. The topological polar surface area (TPSA) is 3.24 Å². The molecule has 0 atom stereocenters. The normalized spacial score (nSPS) is 16.5. The Morgan fingerprint density at radius 3 is 1.48 bits per heavy atom. The van der Waals surface area contributed by atoms with Gasteiger partial charge in [0.15, 0.2) is 0 Å². The first-order valence-electron chi connectivity index (χ1n) is 22.0. The SMILES string of the molecule is CC1(C)c2ccccc2-c2ccc(-c3ccc(N(c4ccc(-c5cccc6c5C(C)(C)c5ccccc5-6)cc4)c4ccc5c(c4)C4(CCCC4)c4ccccc4-5)cc3)cc21. The zero-order valence-electron chi connectivity index (χ0n) is 35.0. The van der Waals surface area contributed by atoms with Crippen LogP contribution in [-0.4, -0.2) is 0 Å². The third-order valence-electron chi connectivity index (χ3n) is 15.0. The smallest absolute Gasteiger partial charge is 0.0465 e. The Kier molecular flexibility index (Phi) is 7.56. The second-order valence-electron chi connectivity index (χ2n) is 18.8. The minimum atomic E-state index is -0.0776. The summed E-state index contributed by atoms with van der Waals surface area (Å²) in [6, 6.07) is 66.9. The number of hydrogen-bond acceptors (Lipinski definition) is 1. The van der Waals surface area contributed by atoms with Crippen molar-refractivity contribution in [1.29, 1.82) is 0 Å². The Morgan fingerprint density at radius 1 is 0.333 bits per heavy atom. The van der Waals surface area contributed by atoms with Crippen LogP contribution in [0, 0.1) is 0 Å². The highest BCUT2D eigenvalue weighted by molar-refractivity contribution is 5.90. The van der Waals surface area contributed by atoms with Crippen molar-refractivity contribution < 1.29 is 0 Å². The highest BCUT2D eigenvalue weighted by Crippen LogP contribution is 2.58. The van der Waals surface area contributed by atoms with Gasteiger partial charge in [0, 0.05) is 33.3 Å². The van der Waals surface area contributed by atoms with E-state index < -0.39 is 0 Å². The molecular formula is C59H49N. The average Bonchev–Trinajstić information content (AvgIpc) is 4.01. The number of anilines is 3. The summed E-state index contributed by atoms with van der Waals surface area (Å²) in [5.74, 6) is 0. The lowest BCUT2D eigenvalue weighted by Gasteiger charge is -2.30. The van der Waals surface area contributed by atoms with E-state index in [9.17, 15) is 0 Å². The molecule has 0 aromatic heterocycles. The molecule has 8 aromatic rings. The van der Waals surface area contributed by atoms with Crippen LogP contribution in [0.3, 0.4) is 0 Å². The van der Waals surface area contributed by atoms with Crippen molar-refractivity contribution in [3.63, 3.8) is 0 Å². The first-order chi connectivity index (χ1) is 29.2. The van der Waals surface area contributed by atoms with Crippen molar-refractivity contribution in [3.8, 4) is 55.6 Å². The maximum absolute atomic E-state index is 2.53. The van der Waals surface area contributed by atoms with E-state index in [1.165, 1.54) is 120 Å². The van der Waals surface area contributed by atoms with Crippen LogP contribution in [0.4, 0.5) is 17.1 Å². The molecule has 4 aliphatic carbocycles. The first kappa shape index (κ1) is 35.5. The molecule has 12 rings (SSSR count). The van der Waals surface area contributed by atoms with E-state index in [0.717, 1.165) is 11.4 Å². The number of benzene rings is 8. The van der Waals surface area contributed by atoms with E-state index in [-0.39, 0.29) is 16.2 Å². The van der Waals surface area contributed by atoms with Crippen LogP contribution >= 0.6 is 0 Å². The zero-order chi connectivity index (χ0) is 40.4. The molecular weight excluding hydrogens is 723 g/mol. The van der Waals surface area contributed by atoms with Gasteiger partial charge in [0.2, 0.25) is 0 Å². The zero-order valence-corrected chi connectivity index (χ0v) is 35.0. The molecule has 0 amide bonds. The Morgan fingerprint density at radius 2 is 0.800 bits per heavy atom. The van der Waals surface area contributed by atoms with Crippen molar-refractivity contribution in [1.82, 2.24) is 0 Å². The lowest BCUT2D eigenvalue weighted by molar-refractivity contribution is 0.550. The van der Waals surface area contributed by atoms with Crippen LogP contribution in [0.5, 0.6) is 0 Å². The molecule has 1 nitrogen and oxygen atoms in total. The molecule has 0 saturated heterocycles. The van der Waals surface area contributed by atoms with Gasteiger partial charge in [0.05, 0.1) is 0 Å². The molecule has 1 spiro atoms. The Bertz CT molecular complexity index is 3030. The van der Waals surface area contributed by atoms with Crippen molar-refractivity contribution >= 4 is 17.1 Å². The monoisotopic (exact) mass is 771 g/mol. The van der Waals surface area contributed by atoms with Crippen LogP contribution in [0.1, 0.15) is 86.8 Å². The molecule has 0 radical (unpaired) electrons. The molecule has 60 heavy (non-hydrogen) atoms. The Labute approximate surface area is 355 Å². The number of fused-ring (bicyclic) bond motifs is 11. The van der Waals surface area contributed by atoms with E-state index in [4.69, 9.17) is 0 Å².